The number of rotatable bonds is 2. The van der Waals surface area contributed by atoms with E-state index in [1.165, 1.54) is 22.4 Å². The fraction of sp³-hybridized carbons (Fsp3) is 0.111. The largest absolute Gasteiger partial charge is 0.264 e. The zero-order chi connectivity index (χ0) is 13.9. The molecule has 3 rings (SSSR count). The molecule has 0 amide bonds. The van der Waals surface area contributed by atoms with Gasteiger partial charge in [-0.25, -0.2) is 4.57 Å². The van der Waals surface area contributed by atoms with Crippen molar-refractivity contribution in [1.82, 2.24) is 4.98 Å². The molecule has 0 bridgehead atoms. The number of hydrogen-bond acceptors (Lipinski definition) is 1. The van der Waals surface area contributed by atoms with E-state index in [9.17, 15) is 0 Å². The molecule has 2 heterocycles. The first-order chi connectivity index (χ1) is 9.77. The second kappa shape index (κ2) is 5.25. The maximum Gasteiger partial charge on any atom is 0.212 e. The van der Waals surface area contributed by atoms with Crippen molar-refractivity contribution in [2.24, 2.45) is 7.05 Å². The lowest BCUT2D eigenvalue weighted by atomic mass is 9.95. The Bertz CT molecular complexity index is 733. The topological polar surface area (TPSA) is 16.8 Å². The van der Waals surface area contributed by atoms with Gasteiger partial charge < -0.3 is 0 Å². The van der Waals surface area contributed by atoms with E-state index < -0.39 is 0 Å². The van der Waals surface area contributed by atoms with E-state index in [0.29, 0.717) is 0 Å². The fourth-order valence-electron chi connectivity index (χ4n) is 2.55. The van der Waals surface area contributed by atoms with Crippen LogP contribution in [0.5, 0.6) is 0 Å². The van der Waals surface area contributed by atoms with E-state index in [2.05, 4.69) is 66.1 Å². The maximum atomic E-state index is 4.22. The van der Waals surface area contributed by atoms with E-state index in [1.54, 1.807) is 6.20 Å². The number of pyridine rings is 2. The molecule has 20 heavy (non-hydrogen) atoms. The Labute approximate surface area is 119 Å². The smallest absolute Gasteiger partial charge is 0.212 e. The highest BCUT2D eigenvalue weighted by molar-refractivity contribution is 5.75. The molecule has 0 aliphatic rings. The third-order valence-corrected chi connectivity index (χ3v) is 3.64. The van der Waals surface area contributed by atoms with Crippen molar-refractivity contribution in [2.75, 3.05) is 0 Å². The summed E-state index contributed by atoms with van der Waals surface area (Å²) < 4.78 is 2.15. The summed E-state index contributed by atoms with van der Waals surface area (Å²) in [4.78, 5) is 4.22. The molecule has 0 atom stereocenters. The van der Waals surface area contributed by atoms with Crippen molar-refractivity contribution in [1.29, 1.82) is 0 Å². The molecule has 0 fully saturated rings. The van der Waals surface area contributed by atoms with Crippen molar-refractivity contribution >= 4 is 0 Å². The first-order valence-electron chi connectivity index (χ1n) is 6.72. The predicted octanol–water partition coefficient (Wildman–Crippen LogP) is 3.55. The summed E-state index contributed by atoms with van der Waals surface area (Å²) in [6.07, 6.45) is 5.79. The Morgan fingerprint density at radius 1 is 0.900 bits per heavy atom. The highest BCUT2D eigenvalue weighted by Crippen LogP contribution is 2.29. The van der Waals surface area contributed by atoms with Crippen LogP contribution < -0.4 is 4.57 Å². The van der Waals surface area contributed by atoms with Crippen LogP contribution in [0.25, 0.3) is 22.4 Å². The van der Waals surface area contributed by atoms with Gasteiger partial charge in [-0.2, -0.15) is 0 Å². The Morgan fingerprint density at radius 2 is 1.75 bits per heavy atom. The third-order valence-electron chi connectivity index (χ3n) is 3.64. The van der Waals surface area contributed by atoms with Gasteiger partial charge in [-0.3, -0.25) is 4.98 Å². The average Bonchev–Trinajstić information content (AvgIpc) is 2.49. The zero-order valence-electron chi connectivity index (χ0n) is 11.7. The quantitative estimate of drug-likeness (QED) is 0.645. The minimum Gasteiger partial charge on any atom is -0.264 e. The summed E-state index contributed by atoms with van der Waals surface area (Å²) in [5.41, 5.74) is 6.15. The number of benzene rings is 1. The molecular formula is C18H17N2+. The first-order valence-corrected chi connectivity index (χ1v) is 6.72. The van der Waals surface area contributed by atoms with Crippen LogP contribution in [0.15, 0.2) is 67.1 Å². The SMILES string of the molecule is Cc1c(-c2cccnc2)cccc1-c1cccc[n+]1C. The molecule has 0 aliphatic heterocycles. The highest BCUT2D eigenvalue weighted by Gasteiger charge is 2.13. The minimum atomic E-state index is 1.16. The van der Waals surface area contributed by atoms with Gasteiger partial charge in [0.05, 0.1) is 0 Å². The summed E-state index contributed by atoms with van der Waals surface area (Å²) in [5.74, 6) is 0. The molecule has 0 saturated carbocycles. The van der Waals surface area contributed by atoms with Crippen molar-refractivity contribution in [3.8, 4) is 22.4 Å². The predicted molar refractivity (Wildman–Crippen MR) is 81.0 cm³/mol. The second-order valence-corrected chi connectivity index (χ2v) is 4.92. The van der Waals surface area contributed by atoms with Crippen molar-refractivity contribution in [3.05, 3.63) is 72.7 Å². The van der Waals surface area contributed by atoms with E-state index >= 15 is 0 Å². The van der Waals surface area contributed by atoms with Gasteiger partial charge >= 0.3 is 0 Å². The van der Waals surface area contributed by atoms with Crippen LogP contribution in [0.2, 0.25) is 0 Å². The Kier molecular flexibility index (Phi) is 3.30. The molecule has 0 spiro atoms. The maximum absolute atomic E-state index is 4.22. The van der Waals surface area contributed by atoms with E-state index in [1.807, 2.05) is 18.3 Å². The Morgan fingerprint density at radius 3 is 2.50 bits per heavy atom. The van der Waals surface area contributed by atoms with Crippen LogP contribution >= 0.6 is 0 Å². The van der Waals surface area contributed by atoms with E-state index in [-0.39, 0.29) is 0 Å². The molecule has 0 aliphatic carbocycles. The summed E-state index contributed by atoms with van der Waals surface area (Å²) in [6, 6.07) is 16.8. The molecule has 3 aromatic rings. The van der Waals surface area contributed by atoms with Crippen LogP contribution in [-0.4, -0.2) is 4.98 Å². The number of hydrogen-bond donors (Lipinski definition) is 0. The van der Waals surface area contributed by atoms with Crippen molar-refractivity contribution in [3.63, 3.8) is 0 Å². The van der Waals surface area contributed by atoms with Gasteiger partial charge in [-0.05, 0) is 36.2 Å². The van der Waals surface area contributed by atoms with Gasteiger partial charge in [0, 0.05) is 35.7 Å². The standard InChI is InChI=1S/C18H17N2/c1-14-16(15-7-6-11-19-13-15)8-5-9-17(14)18-10-3-4-12-20(18)2/h3-13H,1-2H3/q+1. The number of aryl methyl sites for hydroxylation is 1. The lowest BCUT2D eigenvalue weighted by molar-refractivity contribution is -0.660. The van der Waals surface area contributed by atoms with Gasteiger partial charge in [0.15, 0.2) is 6.20 Å². The normalized spacial score (nSPS) is 10.5. The lowest BCUT2D eigenvalue weighted by Crippen LogP contribution is -2.30. The average molecular weight is 261 g/mol. The minimum absolute atomic E-state index is 1.16. The zero-order valence-corrected chi connectivity index (χ0v) is 11.7. The highest BCUT2D eigenvalue weighted by atomic mass is 14.9. The van der Waals surface area contributed by atoms with Crippen LogP contribution in [0.4, 0.5) is 0 Å². The Hall–Kier alpha value is -2.48. The molecule has 2 aromatic heterocycles. The summed E-state index contributed by atoms with van der Waals surface area (Å²) >= 11 is 0. The molecule has 2 heteroatoms. The van der Waals surface area contributed by atoms with Crippen molar-refractivity contribution < 1.29 is 4.57 Å². The number of nitrogens with zero attached hydrogens (tertiary/aromatic N) is 2. The van der Waals surface area contributed by atoms with Gasteiger partial charge in [0.25, 0.3) is 0 Å². The van der Waals surface area contributed by atoms with E-state index in [0.717, 1.165) is 5.56 Å². The van der Waals surface area contributed by atoms with Gasteiger partial charge in [0.2, 0.25) is 5.69 Å². The number of aromatic nitrogens is 2. The molecule has 1 aromatic carbocycles. The first kappa shape index (κ1) is 12.5. The van der Waals surface area contributed by atoms with Crippen LogP contribution in [0.3, 0.4) is 0 Å². The molecular weight excluding hydrogens is 244 g/mol. The van der Waals surface area contributed by atoms with Gasteiger partial charge in [-0.1, -0.05) is 18.2 Å². The third kappa shape index (κ3) is 2.21. The molecule has 0 saturated heterocycles. The van der Waals surface area contributed by atoms with Gasteiger partial charge in [-0.15, -0.1) is 0 Å². The molecule has 2 nitrogen and oxygen atoms in total. The fourth-order valence-corrected chi connectivity index (χ4v) is 2.55. The van der Waals surface area contributed by atoms with Gasteiger partial charge in [0.1, 0.15) is 7.05 Å². The molecule has 0 unspecified atom stereocenters. The second-order valence-electron chi connectivity index (χ2n) is 4.92. The summed E-state index contributed by atoms with van der Waals surface area (Å²) in [7, 11) is 2.07. The van der Waals surface area contributed by atoms with E-state index in [4.69, 9.17) is 0 Å². The summed E-state index contributed by atoms with van der Waals surface area (Å²) in [5, 5.41) is 0. The monoisotopic (exact) mass is 261 g/mol. The molecule has 0 radical (unpaired) electrons. The van der Waals surface area contributed by atoms with Crippen LogP contribution in [0, 0.1) is 6.92 Å². The summed E-state index contributed by atoms with van der Waals surface area (Å²) in [6.45, 7) is 2.17. The van der Waals surface area contributed by atoms with Crippen LogP contribution in [0.1, 0.15) is 5.56 Å². The molecule has 0 N–H and O–H groups in total. The van der Waals surface area contributed by atoms with Crippen molar-refractivity contribution in [2.45, 2.75) is 6.92 Å². The lowest BCUT2D eigenvalue weighted by Gasteiger charge is -2.10. The molecule has 98 valence electrons. The van der Waals surface area contributed by atoms with Crippen LogP contribution in [-0.2, 0) is 7.05 Å². The Balaban J connectivity index is 2.19.